The molecule has 0 radical (unpaired) electrons. The van der Waals surface area contributed by atoms with E-state index in [1.54, 1.807) is 12.0 Å². The van der Waals surface area contributed by atoms with Gasteiger partial charge in [-0.15, -0.1) is 0 Å². The standard InChI is InChI=1S/C11H20N4O3/c1-11(2,3)18-10(16)15-6-5-8(13-14-12)9(7-15)17-4/h8-9H,5-7H2,1-4H3. The first kappa shape index (κ1) is 14.6. The topological polar surface area (TPSA) is 87.5 Å². The third-order valence-electron chi connectivity index (χ3n) is 2.68. The molecule has 2 unspecified atom stereocenters. The van der Waals surface area contributed by atoms with Crippen LogP contribution in [0.2, 0.25) is 0 Å². The smallest absolute Gasteiger partial charge is 0.410 e. The van der Waals surface area contributed by atoms with Crippen LogP contribution >= 0.6 is 0 Å². The van der Waals surface area contributed by atoms with Crippen molar-refractivity contribution < 1.29 is 14.3 Å². The summed E-state index contributed by atoms with van der Waals surface area (Å²) in [6.07, 6.45) is -0.0481. The zero-order valence-corrected chi connectivity index (χ0v) is 11.3. The molecule has 0 N–H and O–H groups in total. The molecule has 1 saturated heterocycles. The number of carbonyl (C=O) groups excluding carboxylic acids is 1. The number of amides is 1. The van der Waals surface area contributed by atoms with Gasteiger partial charge in [-0.25, -0.2) is 4.79 Å². The van der Waals surface area contributed by atoms with Crippen LogP contribution in [0.4, 0.5) is 4.79 Å². The van der Waals surface area contributed by atoms with E-state index in [1.165, 1.54) is 0 Å². The first-order valence-electron chi connectivity index (χ1n) is 5.92. The Morgan fingerprint density at radius 2 is 2.17 bits per heavy atom. The fraction of sp³-hybridized carbons (Fsp3) is 0.909. The number of methoxy groups -OCH3 is 1. The molecule has 1 aliphatic rings. The summed E-state index contributed by atoms with van der Waals surface area (Å²) in [7, 11) is 1.54. The molecule has 1 aliphatic heterocycles. The maximum absolute atomic E-state index is 11.9. The van der Waals surface area contributed by atoms with E-state index in [-0.39, 0.29) is 18.2 Å². The predicted molar refractivity (Wildman–Crippen MR) is 66.2 cm³/mol. The molecule has 0 aliphatic carbocycles. The Balaban J connectivity index is 2.62. The largest absolute Gasteiger partial charge is 0.444 e. The van der Waals surface area contributed by atoms with Crippen molar-refractivity contribution in [2.75, 3.05) is 20.2 Å². The molecule has 1 rings (SSSR count). The fourth-order valence-corrected chi connectivity index (χ4v) is 1.83. The molecule has 0 bridgehead atoms. The van der Waals surface area contributed by atoms with Crippen LogP contribution in [0.3, 0.4) is 0 Å². The number of ether oxygens (including phenoxy) is 2. The normalized spacial score (nSPS) is 24.3. The van der Waals surface area contributed by atoms with Crippen molar-refractivity contribution in [1.82, 2.24) is 4.90 Å². The molecule has 0 aromatic heterocycles. The molecule has 7 nitrogen and oxygen atoms in total. The second-order valence-electron chi connectivity index (χ2n) is 5.26. The fourth-order valence-electron chi connectivity index (χ4n) is 1.83. The Bertz CT molecular complexity index is 347. The van der Waals surface area contributed by atoms with Gasteiger partial charge in [-0.05, 0) is 32.7 Å². The van der Waals surface area contributed by atoms with E-state index in [0.29, 0.717) is 19.5 Å². The Hall–Kier alpha value is -1.46. The minimum Gasteiger partial charge on any atom is -0.444 e. The number of carbonyl (C=O) groups is 1. The van der Waals surface area contributed by atoms with Crippen LogP contribution in [0.15, 0.2) is 5.11 Å². The van der Waals surface area contributed by atoms with Gasteiger partial charge in [0.25, 0.3) is 0 Å². The number of azide groups is 1. The second kappa shape index (κ2) is 5.93. The quantitative estimate of drug-likeness (QED) is 0.431. The van der Waals surface area contributed by atoms with E-state index in [2.05, 4.69) is 10.0 Å². The molecule has 1 heterocycles. The van der Waals surface area contributed by atoms with Gasteiger partial charge in [0.1, 0.15) is 5.60 Å². The van der Waals surface area contributed by atoms with Crippen molar-refractivity contribution in [2.24, 2.45) is 5.11 Å². The number of hydrogen-bond donors (Lipinski definition) is 0. The summed E-state index contributed by atoms with van der Waals surface area (Å²) in [6, 6.07) is -0.223. The highest BCUT2D eigenvalue weighted by molar-refractivity contribution is 5.68. The Morgan fingerprint density at radius 3 is 2.67 bits per heavy atom. The Labute approximate surface area is 107 Å². The Morgan fingerprint density at radius 1 is 1.50 bits per heavy atom. The minimum absolute atomic E-state index is 0.223. The van der Waals surface area contributed by atoms with Gasteiger partial charge >= 0.3 is 6.09 Å². The van der Waals surface area contributed by atoms with Gasteiger partial charge in [0.15, 0.2) is 0 Å². The van der Waals surface area contributed by atoms with Gasteiger partial charge in [0.2, 0.25) is 0 Å². The number of nitrogens with zero attached hydrogens (tertiary/aromatic N) is 4. The molecule has 102 valence electrons. The summed E-state index contributed by atoms with van der Waals surface area (Å²) in [5, 5.41) is 3.68. The maximum atomic E-state index is 11.9. The van der Waals surface area contributed by atoms with Crippen LogP contribution in [-0.2, 0) is 9.47 Å². The number of hydrogen-bond acceptors (Lipinski definition) is 4. The van der Waals surface area contributed by atoms with Crippen molar-refractivity contribution in [2.45, 2.75) is 44.9 Å². The van der Waals surface area contributed by atoms with Crippen molar-refractivity contribution in [3.63, 3.8) is 0 Å². The van der Waals surface area contributed by atoms with Crippen LogP contribution < -0.4 is 0 Å². The van der Waals surface area contributed by atoms with Crippen LogP contribution in [0.1, 0.15) is 27.2 Å². The van der Waals surface area contributed by atoms with Crippen molar-refractivity contribution in [3.05, 3.63) is 10.4 Å². The van der Waals surface area contributed by atoms with Gasteiger partial charge in [-0.3, -0.25) is 0 Å². The van der Waals surface area contributed by atoms with Gasteiger partial charge < -0.3 is 14.4 Å². The van der Waals surface area contributed by atoms with Crippen LogP contribution in [-0.4, -0.2) is 48.9 Å². The van der Waals surface area contributed by atoms with E-state index in [9.17, 15) is 4.79 Å². The van der Waals surface area contributed by atoms with Crippen molar-refractivity contribution in [1.29, 1.82) is 0 Å². The van der Waals surface area contributed by atoms with Gasteiger partial charge in [-0.1, -0.05) is 5.11 Å². The van der Waals surface area contributed by atoms with Crippen LogP contribution in [0.5, 0.6) is 0 Å². The maximum Gasteiger partial charge on any atom is 0.410 e. The number of rotatable bonds is 2. The molecule has 0 aromatic rings. The van der Waals surface area contributed by atoms with Crippen molar-refractivity contribution >= 4 is 6.09 Å². The zero-order chi connectivity index (χ0) is 13.8. The molecule has 1 fully saturated rings. The summed E-state index contributed by atoms with van der Waals surface area (Å²) in [4.78, 5) is 16.3. The first-order chi connectivity index (χ1) is 8.37. The number of piperidine rings is 1. The lowest BCUT2D eigenvalue weighted by molar-refractivity contribution is -0.0126. The van der Waals surface area contributed by atoms with Crippen LogP contribution in [0, 0.1) is 0 Å². The average Bonchev–Trinajstić information content (AvgIpc) is 2.27. The summed E-state index contributed by atoms with van der Waals surface area (Å²) >= 11 is 0. The van der Waals surface area contributed by atoms with E-state index in [4.69, 9.17) is 15.0 Å². The van der Waals surface area contributed by atoms with Crippen molar-refractivity contribution in [3.8, 4) is 0 Å². The summed E-state index contributed by atoms with van der Waals surface area (Å²) in [5.41, 5.74) is 7.94. The third-order valence-corrected chi connectivity index (χ3v) is 2.68. The highest BCUT2D eigenvalue weighted by atomic mass is 16.6. The highest BCUT2D eigenvalue weighted by Gasteiger charge is 2.33. The third kappa shape index (κ3) is 4.09. The Kier molecular flexibility index (Phi) is 4.81. The molecule has 1 amide bonds. The molecular formula is C11H20N4O3. The molecule has 0 aromatic carbocycles. The molecule has 0 spiro atoms. The molecule has 7 heteroatoms. The average molecular weight is 256 g/mol. The molecule has 18 heavy (non-hydrogen) atoms. The summed E-state index contributed by atoms with van der Waals surface area (Å²) < 4.78 is 10.5. The monoisotopic (exact) mass is 256 g/mol. The molecular weight excluding hydrogens is 236 g/mol. The predicted octanol–water partition coefficient (Wildman–Crippen LogP) is 2.32. The minimum atomic E-state index is -0.513. The van der Waals surface area contributed by atoms with E-state index < -0.39 is 5.60 Å². The van der Waals surface area contributed by atoms with E-state index >= 15 is 0 Å². The number of likely N-dealkylation sites (tertiary alicyclic amines) is 1. The second-order valence-corrected chi connectivity index (χ2v) is 5.26. The van der Waals surface area contributed by atoms with Crippen LogP contribution in [0.25, 0.3) is 10.4 Å². The lowest BCUT2D eigenvalue weighted by atomic mass is 10.0. The van der Waals surface area contributed by atoms with Gasteiger partial charge in [-0.2, -0.15) is 0 Å². The molecule has 2 atom stereocenters. The van der Waals surface area contributed by atoms with E-state index in [0.717, 1.165) is 0 Å². The zero-order valence-electron chi connectivity index (χ0n) is 11.3. The lowest BCUT2D eigenvalue weighted by Gasteiger charge is -2.36. The highest BCUT2D eigenvalue weighted by Crippen LogP contribution is 2.19. The lowest BCUT2D eigenvalue weighted by Crippen LogP contribution is -2.50. The summed E-state index contributed by atoms with van der Waals surface area (Å²) in [6.45, 7) is 6.37. The van der Waals surface area contributed by atoms with Gasteiger partial charge in [0, 0.05) is 18.6 Å². The van der Waals surface area contributed by atoms with E-state index in [1.807, 2.05) is 20.8 Å². The molecule has 0 saturated carbocycles. The van der Waals surface area contributed by atoms with Gasteiger partial charge in [0.05, 0.1) is 18.7 Å². The first-order valence-corrected chi connectivity index (χ1v) is 5.92. The summed E-state index contributed by atoms with van der Waals surface area (Å²) in [5.74, 6) is 0. The SMILES string of the molecule is COC1CN(C(=O)OC(C)(C)C)CCC1N=[N+]=[N-].